The quantitative estimate of drug-likeness (QED) is 0.712. The Morgan fingerprint density at radius 3 is 2.27 bits per heavy atom. The van der Waals surface area contributed by atoms with Gasteiger partial charge < -0.3 is 4.74 Å². The van der Waals surface area contributed by atoms with Crippen molar-refractivity contribution in [1.82, 2.24) is 9.44 Å². The van der Waals surface area contributed by atoms with Gasteiger partial charge in [0.2, 0.25) is 20.0 Å². The number of ether oxygens (including phenoxy) is 1. The van der Waals surface area contributed by atoms with Crippen molar-refractivity contribution in [2.45, 2.75) is 25.7 Å². The van der Waals surface area contributed by atoms with Crippen LogP contribution in [0, 0.1) is 13.8 Å². The predicted octanol–water partition coefficient (Wildman–Crippen LogP) is 0.530. The zero-order valence-corrected chi connectivity index (χ0v) is 14.8. The van der Waals surface area contributed by atoms with Gasteiger partial charge in [-0.2, -0.15) is 0 Å². The fraction of sp³-hybridized carbons (Fsp3) is 0.538. The summed E-state index contributed by atoms with van der Waals surface area (Å²) in [5, 5.41) is 0. The van der Waals surface area contributed by atoms with Gasteiger partial charge >= 0.3 is 0 Å². The van der Waals surface area contributed by atoms with Crippen molar-refractivity contribution in [2.24, 2.45) is 0 Å². The number of aryl methyl sites for hydroxylation is 2. The number of nitrogens with one attached hydrogen (secondary N) is 2. The standard InChI is InChI=1S/C13H22N2O5S2/c1-5-20-12-8-11(3)13(9-10(12)2)22(18,19)15-6-7-21(16,17)14-4/h8-9,14-15H,5-7H2,1-4H3. The van der Waals surface area contributed by atoms with E-state index in [2.05, 4.69) is 9.44 Å². The van der Waals surface area contributed by atoms with Crippen molar-refractivity contribution in [3.05, 3.63) is 23.3 Å². The fourth-order valence-electron chi connectivity index (χ4n) is 1.85. The molecule has 1 aromatic rings. The van der Waals surface area contributed by atoms with Gasteiger partial charge in [-0.1, -0.05) is 0 Å². The van der Waals surface area contributed by atoms with E-state index in [9.17, 15) is 16.8 Å². The molecule has 1 rings (SSSR count). The first-order chi connectivity index (χ1) is 10.1. The molecule has 1 aromatic carbocycles. The van der Waals surface area contributed by atoms with Gasteiger partial charge in [0.05, 0.1) is 17.3 Å². The zero-order chi connectivity index (χ0) is 17.0. The molecule has 0 saturated carbocycles. The topological polar surface area (TPSA) is 102 Å². The van der Waals surface area contributed by atoms with Crippen LogP contribution in [0.2, 0.25) is 0 Å². The van der Waals surface area contributed by atoms with E-state index in [1.807, 2.05) is 6.92 Å². The Bertz CT molecular complexity index is 727. The minimum atomic E-state index is -3.77. The van der Waals surface area contributed by atoms with Crippen molar-refractivity contribution >= 4 is 20.0 Å². The fourth-order valence-corrected chi connectivity index (χ4v) is 3.90. The largest absolute Gasteiger partial charge is 0.494 e. The van der Waals surface area contributed by atoms with E-state index in [1.165, 1.54) is 13.1 Å². The van der Waals surface area contributed by atoms with E-state index in [0.29, 0.717) is 23.5 Å². The van der Waals surface area contributed by atoms with Gasteiger partial charge in [-0.3, -0.25) is 0 Å². The Hall–Kier alpha value is -1.16. The molecule has 7 nitrogen and oxygen atoms in total. The molecule has 0 radical (unpaired) electrons. The van der Waals surface area contributed by atoms with Crippen molar-refractivity contribution in [3.63, 3.8) is 0 Å². The maximum absolute atomic E-state index is 12.3. The lowest BCUT2D eigenvalue weighted by Gasteiger charge is -2.13. The zero-order valence-electron chi connectivity index (χ0n) is 13.1. The number of hydrogen-bond acceptors (Lipinski definition) is 5. The van der Waals surface area contributed by atoms with E-state index in [0.717, 1.165) is 0 Å². The van der Waals surface area contributed by atoms with E-state index < -0.39 is 20.0 Å². The van der Waals surface area contributed by atoms with Crippen LogP contribution in [0.4, 0.5) is 0 Å². The third kappa shape index (κ3) is 4.94. The molecule has 0 spiro atoms. The van der Waals surface area contributed by atoms with Crippen molar-refractivity contribution in [1.29, 1.82) is 0 Å². The summed E-state index contributed by atoms with van der Waals surface area (Å²) in [5.41, 5.74) is 1.24. The maximum atomic E-state index is 12.3. The Kier molecular flexibility index (Phi) is 6.36. The van der Waals surface area contributed by atoms with Crippen molar-refractivity contribution in [2.75, 3.05) is 26.0 Å². The lowest BCUT2D eigenvalue weighted by atomic mass is 10.1. The van der Waals surface area contributed by atoms with Crippen LogP contribution in [0.3, 0.4) is 0 Å². The molecule has 0 bridgehead atoms. The van der Waals surface area contributed by atoms with Gasteiger partial charge in [0, 0.05) is 6.54 Å². The Morgan fingerprint density at radius 2 is 1.73 bits per heavy atom. The van der Waals surface area contributed by atoms with Crippen LogP contribution in [-0.4, -0.2) is 42.8 Å². The second kappa shape index (κ2) is 7.40. The average Bonchev–Trinajstić information content (AvgIpc) is 2.42. The highest BCUT2D eigenvalue weighted by molar-refractivity contribution is 7.90. The molecule has 0 amide bonds. The third-order valence-electron chi connectivity index (χ3n) is 3.04. The Labute approximate surface area is 132 Å². The molecule has 126 valence electrons. The van der Waals surface area contributed by atoms with Gasteiger partial charge in [-0.25, -0.2) is 26.3 Å². The smallest absolute Gasteiger partial charge is 0.240 e. The highest BCUT2D eigenvalue weighted by Crippen LogP contribution is 2.25. The van der Waals surface area contributed by atoms with Crippen LogP contribution < -0.4 is 14.2 Å². The molecule has 0 fully saturated rings. The summed E-state index contributed by atoms with van der Waals surface area (Å²) in [6.45, 7) is 5.57. The number of rotatable bonds is 8. The molecule has 9 heteroatoms. The minimum Gasteiger partial charge on any atom is -0.494 e. The molecule has 0 saturated heterocycles. The molecule has 0 atom stereocenters. The summed E-state index contributed by atoms with van der Waals surface area (Å²) in [6, 6.07) is 3.19. The summed E-state index contributed by atoms with van der Waals surface area (Å²) in [6.07, 6.45) is 0. The van der Waals surface area contributed by atoms with Crippen molar-refractivity contribution < 1.29 is 21.6 Å². The molecule has 0 aliphatic heterocycles. The molecule has 2 N–H and O–H groups in total. The SMILES string of the molecule is CCOc1cc(C)c(S(=O)(=O)NCCS(=O)(=O)NC)cc1C. The number of benzene rings is 1. The van der Waals surface area contributed by atoms with Gasteiger partial charge in [0.1, 0.15) is 5.75 Å². The highest BCUT2D eigenvalue weighted by atomic mass is 32.2. The van der Waals surface area contributed by atoms with E-state index in [4.69, 9.17) is 4.74 Å². The molecule has 0 unspecified atom stereocenters. The normalized spacial score (nSPS) is 12.4. The van der Waals surface area contributed by atoms with E-state index in [-0.39, 0.29) is 17.2 Å². The van der Waals surface area contributed by atoms with Crippen LogP contribution in [0.5, 0.6) is 5.75 Å². The predicted molar refractivity (Wildman–Crippen MR) is 85.1 cm³/mol. The molecule has 0 aliphatic carbocycles. The van der Waals surface area contributed by atoms with Gasteiger partial charge in [-0.05, 0) is 51.1 Å². The average molecular weight is 350 g/mol. The number of sulfonamides is 2. The number of hydrogen-bond donors (Lipinski definition) is 2. The monoisotopic (exact) mass is 350 g/mol. The lowest BCUT2D eigenvalue weighted by molar-refractivity contribution is 0.337. The lowest BCUT2D eigenvalue weighted by Crippen LogP contribution is -2.33. The molecule has 0 heterocycles. The summed E-state index contributed by atoms with van der Waals surface area (Å²) in [4.78, 5) is 0.121. The summed E-state index contributed by atoms with van der Waals surface area (Å²) >= 11 is 0. The summed E-state index contributed by atoms with van der Waals surface area (Å²) < 4.78 is 57.0. The minimum absolute atomic E-state index is 0.121. The Morgan fingerprint density at radius 1 is 1.09 bits per heavy atom. The second-order valence-corrected chi connectivity index (χ2v) is 8.52. The van der Waals surface area contributed by atoms with Gasteiger partial charge in [0.15, 0.2) is 0 Å². The van der Waals surface area contributed by atoms with Crippen LogP contribution in [-0.2, 0) is 20.0 Å². The van der Waals surface area contributed by atoms with Crippen molar-refractivity contribution in [3.8, 4) is 5.75 Å². The molecule has 22 heavy (non-hydrogen) atoms. The summed E-state index contributed by atoms with van der Waals surface area (Å²) in [5.74, 6) is 0.314. The van der Waals surface area contributed by atoms with Gasteiger partial charge in [-0.15, -0.1) is 0 Å². The van der Waals surface area contributed by atoms with Crippen LogP contribution >= 0.6 is 0 Å². The first-order valence-electron chi connectivity index (χ1n) is 6.78. The maximum Gasteiger partial charge on any atom is 0.240 e. The van der Waals surface area contributed by atoms with Crippen LogP contribution in [0.1, 0.15) is 18.1 Å². The molecule has 0 aliphatic rings. The van der Waals surface area contributed by atoms with E-state index in [1.54, 1.807) is 19.9 Å². The first-order valence-corrected chi connectivity index (χ1v) is 9.91. The second-order valence-electron chi connectivity index (χ2n) is 4.74. The van der Waals surface area contributed by atoms with E-state index >= 15 is 0 Å². The third-order valence-corrected chi connectivity index (χ3v) is 6.00. The molecular formula is C13H22N2O5S2. The Balaban J connectivity index is 2.96. The molecular weight excluding hydrogens is 328 g/mol. The summed E-state index contributed by atoms with van der Waals surface area (Å²) in [7, 11) is -5.95. The van der Waals surface area contributed by atoms with Crippen LogP contribution in [0.25, 0.3) is 0 Å². The molecule has 0 aromatic heterocycles. The highest BCUT2D eigenvalue weighted by Gasteiger charge is 2.19. The first kappa shape index (κ1) is 18.9. The van der Waals surface area contributed by atoms with Crippen LogP contribution in [0.15, 0.2) is 17.0 Å². The van der Waals surface area contributed by atoms with Gasteiger partial charge in [0.25, 0.3) is 0 Å².